The van der Waals surface area contributed by atoms with Crippen molar-refractivity contribution in [2.45, 2.75) is 43.3 Å². The van der Waals surface area contributed by atoms with Crippen LogP contribution in [0, 0.1) is 0 Å². The highest BCUT2D eigenvalue weighted by Crippen LogP contribution is 2.43. The maximum Gasteiger partial charge on any atom is 0.416 e. The van der Waals surface area contributed by atoms with E-state index in [1.807, 2.05) is 12.1 Å². The Balaban J connectivity index is 1.62. The van der Waals surface area contributed by atoms with Gasteiger partial charge in [0.1, 0.15) is 11.8 Å². The van der Waals surface area contributed by atoms with Crippen molar-refractivity contribution in [3.63, 3.8) is 0 Å². The van der Waals surface area contributed by atoms with Crippen LogP contribution in [0.5, 0.6) is 5.75 Å². The highest BCUT2D eigenvalue weighted by molar-refractivity contribution is 5.91. The first kappa shape index (κ1) is 29.9. The number of para-hydroxylation sites is 1. The summed E-state index contributed by atoms with van der Waals surface area (Å²) >= 11 is 0. The van der Waals surface area contributed by atoms with Crippen LogP contribution in [0.15, 0.2) is 66.7 Å². The fraction of sp³-hybridized carbons (Fsp3) is 0.310. The predicted molar refractivity (Wildman–Crippen MR) is 135 cm³/mol. The first-order chi connectivity index (χ1) is 19.2. The number of carbonyl (C=O) groups is 2. The van der Waals surface area contributed by atoms with Crippen LogP contribution >= 0.6 is 0 Å². The number of carboxylic acids is 1. The average Bonchev–Trinajstić information content (AvgIpc) is 3.43. The molecule has 4 rings (SSSR count). The molecule has 0 bridgehead atoms. The zero-order valence-corrected chi connectivity index (χ0v) is 21.6. The minimum Gasteiger partial charge on any atom is -0.496 e. The van der Waals surface area contributed by atoms with Crippen molar-refractivity contribution in [2.75, 3.05) is 13.7 Å². The quantitative estimate of drug-likeness (QED) is 0.309. The fourth-order valence-corrected chi connectivity index (χ4v) is 4.78. The van der Waals surface area contributed by atoms with Crippen molar-refractivity contribution in [3.8, 4) is 16.9 Å². The average molecular weight is 582 g/mol. The lowest BCUT2D eigenvalue weighted by molar-refractivity contribution is -0.150. The summed E-state index contributed by atoms with van der Waals surface area (Å²) < 4.78 is 91.8. The van der Waals surface area contributed by atoms with Crippen molar-refractivity contribution in [1.82, 2.24) is 5.32 Å². The van der Waals surface area contributed by atoms with Gasteiger partial charge in [-0.15, -0.1) is 0 Å². The molecule has 1 fully saturated rings. The number of methoxy groups -OCH3 is 1. The maximum atomic E-state index is 13.5. The van der Waals surface area contributed by atoms with Crippen LogP contribution in [0.25, 0.3) is 11.1 Å². The zero-order valence-electron chi connectivity index (χ0n) is 21.6. The van der Waals surface area contributed by atoms with E-state index in [-0.39, 0.29) is 31.9 Å². The largest absolute Gasteiger partial charge is 0.496 e. The lowest BCUT2D eigenvalue weighted by Crippen LogP contribution is -2.51. The fourth-order valence-electron chi connectivity index (χ4n) is 4.78. The van der Waals surface area contributed by atoms with E-state index in [0.29, 0.717) is 23.4 Å². The van der Waals surface area contributed by atoms with Gasteiger partial charge >= 0.3 is 18.3 Å². The standard InChI is InChI=1S/C29H25F6NO5/c1-40-24-6-3-2-5-22(24)18-9-7-17(8-10-18)13-23(25(37)38)36-26(39)27(11-4-12-41-27)19-14-20(28(30,31)32)16-21(15-19)29(33,34)35/h2-3,5-10,14-16,23H,4,11-13H2,1H3,(H,36,39)(H,37,38)/t23-,27-/m0/s1. The number of hydrogen-bond acceptors (Lipinski definition) is 4. The molecule has 1 aliphatic rings. The summed E-state index contributed by atoms with van der Waals surface area (Å²) in [5.41, 5.74) is -4.00. The molecule has 218 valence electrons. The minimum absolute atomic E-state index is 0.0429. The zero-order chi connectivity index (χ0) is 30.0. The second-order valence-electron chi connectivity index (χ2n) is 9.54. The Bertz CT molecular complexity index is 1380. The number of carboxylic acid groups (broad SMARTS) is 1. The topological polar surface area (TPSA) is 84.9 Å². The van der Waals surface area contributed by atoms with Crippen molar-refractivity contribution < 1.29 is 50.5 Å². The highest BCUT2D eigenvalue weighted by Gasteiger charge is 2.48. The van der Waals surface area contributed by atoms with Gasteiger partial charge in [-0.1, -0.05) is 42.5 Å². The lowest BCUT2D eigenvalue weighted by atomic mass is 9.86. The van der Waals surface area contributed by atoms with Gasteiger partial charge in [0.2, 0.25) is 0 Å². The highest BCUT2D eigenvalue weighted by atomic mass is 19.4. The first-order valence-electron chi connectivity index (χ1n) is 12.4. The van der Waals surface area contributed by atoms with Crippen molar-refractivity contribution >= 4 is 11.9 Å². The van der Waals surface area contributed by atoms with E-state index in [9.17, 15) is 41.0 Å². The van der Waals surface area contributed by atoms with Gasteiger partial charge in [0.05, 0.1) is 18.2 Å². The third kappa shape index (κ3) is 6.48. The van der Waals surface area contributed by atoms with Crippen LogP contribution in [0.1, 0.15) is 35.1 Å². The molecule has 0 unspecified atom stereocenters. The van der Waals surface area contributed by atoms with Crippen LogP contribution < -0.4 is 10.1 Å². The van der Waals surface area contributed by atoms with E-state index in [4.69, 9.17) is 9.47 Å². The van der Waals surface area contributed by atoms with Crippen LogP contribution in [0.4, 0.5) is 26.3 Å². The monoisotopic (exact) mass is 581 g/mol. The molecule has 0 aromatic heterocycles. The summed E-state index contributed by atoms with van der Waals surface area (Å²) in [6, 6.07) is 13.3. The van der Waals surface area contributed by atoms with Gasteiger partial charge in [0.15, 0.2) is 5.60 Å². The van der Waals surface area contributed by atoms with E-state index in [0.717, 1.165) is 11.1 Å². The molecule has 3 aromatic carbocycles. The summed E-state index contributed by atoms with van der Waals surface area (Å²) in [5, 5.41) is 12.1. The Morgan fingerprint density at radius 1 is 0.976 bits per heavy atom. The summed E-state index contributed by atoms with van der Waals surface area (Å²) in [6.45, 7) is -0.118. The van der Waals surface area contributed by atoms with E-state index >= 15 is 0 Å². The summed E-state index contributed by atoms with van der Waals surface area (Å²) in [7, 11) is 1.53. The molecule has 1 heterocycles. The summed E-state index contributed by atoms with van der Waals surface area (Å²) in [6.07, 6.45) is -10.6. The Morgan fingerprint density at radius 3 is 2.10 bits per heavy atom. The molecule has 2 N–H and O–H groups in total. The van der Waals surface area contributed by atoms with E-state index in [1.54, 1.807) is 36.4 Å². The van der Waals surface area contributed by atoms with E-state index in [1.165, 1.54) is 7.11 Å². The second kappa shape index (κ2) is 11.4. The molecule has 1 aliphatic heterocycles. The smallest absolute Gasteiger partial charge is 0.416 e. The summed E-state index contributed by atoms with van der Waals surface area (Å²) in [5.74, 6) is -1.96. The van der Waals surface area contributed by atoms with Crippen LogP contribution in [-0.2, 0) is 38.7 Å². The Hall–Kier alpha value is -4.06. The molecule has 12 heteroatoms. The third-order valence-electron chi connectivity index (χ3n) is 6.86. The maximum absolute atomic E-state index is 13.5. The molecular formula is C29H25F6NO5. The molecule has 2 atom stereocenters. The number of carbonyl (C=O) groups excluding carboxylic acids is 1. The molecule has 6 nitrogen and oxygen atoms in total. The Labute approximate surface area is 230 Å². The first-order valence-corrected chi connectivity index (χ1v) is 12.4. The SMILES string of the molecule is COc1ccccc1-c1ccc(C[C@H](NC(=O)[C@@]2(c3cc(C(F)(F)F)cc(C(F)(F)F)c3)CCCO2)C(=O)O)cc1. The molecule has 0 aliphatic carbocycles. The number of amides is 1. The number of halogens is 6. The van der Waals surface area contributed by atoms with E-state index < -0.39 is 52.6 Å². The molecule has 0 radical (unpaired) electrons. The number of rotatable bonds is 8. The molecule has 1 saturated heterocycles. The Kier molecular flexibility index (Phi) is 8.34. The molecule has 1 amide bonds. The van der Waals surface area contributed by atoms with Gasteiger partial charge in [-0.3, -0.25) is 4.79 Å². The molecule has 41 heavy (non-hydrogen) atoms. The number of aliphatic carboxylic acids is 1. The van der Waals surface area contributed by atoms with Crippen LogP contribution in [0.2, 0.25) is 0 Å². The third-order valence-corrected chi connectivity index (χ3v) is 6.86. The van der Waals surface area contributed by atoms with Gasteiger partial charge in [-0.25, -0.2) is 4.79 Å². The molecule has 0 saturated carbocycles. The van der Waals surface area contributed by atoms with Gasteiger partial charge in [0.25, 0.3) is 5.91 Å². The second-order valence-corrected chi connectivity index (χ2v) is 9.54. The molecule has 3 aromatic rings. The predicted octanol–water partition coefficient (Wildman–Crippen LogP) is 6.22. The van der Waals surface area contributed by atoms with Crippen LogP contribution in [0.3, 0.4) is 0 Å². The molecular weight excluding hydrogens is 556 g/mol. The Morgan fingerprint density at radius 2 is 1.59 bits per heavy atom. The molecule has 0 spiro atoms. The number of hydrogen-bond donors (Lipinski definition) is 2. The summed E-state index contributed by atoms with van der Waals surface area (Å²) in [4.78, 5) is 25.5. The number of ether oxygens (including phenoxy) is 2. The number of benzene rings is 3. The van der Waals surface area contributed by atoms with Gasteiger partial charge in [-0.05, 0) is 53.8 Å². The number of alkyl halides is 6. The van der Waals surface area contributed by atoms with Gasteiger partial charge < -0.3 is 19.9 Å². The minimum atomic E-state index is -5.13. The van der Waals surface area contributed by atoms with Gasteiger partial charge in [0, 0.05) is 18.6 Å². The van der Waals surface area contributed by atoms with Crippen LogP contribution in [-0.4, -0.2) is 36.7 Å². The van der Waals surface area contributed by atoms with Crippen molar-refractivity contribution in [3.05, 3.63) is 89.0 Å². The van der Waals surface area contributed by atoms with Gasteiger partial charge in [-0.2, -0.15) is 26.3 Å². The lowest BCUT2D eigenvalue weighted by Gasteiger charge is -2.30. The van der Waals surface area contributed by atoms with E-state index in [2.05, 4.69) is 5.32 Å². The van der Waals surface area contributed by atoms with Crippen molar-refractivity contribution in [1.29, 1.82) is 0 Å². The normalized spacial score (nSPS) is 18.1. The van der Waals surface area contributed by atoms with Crippen molar-refractivity contribution in [2.24, 2.45) is 0 Å². The number of nitrogens with one attached hydrogen (secondary N) is 1.